The Kier molecular flexibility index (Phi) is 3.77. The van der Waals surface area contributed by atoms with Crippen LogP contribution >= 0.6 is 0 Å². The molecule has 0 fully saturated rings. The fourth-order valence-electron chi connectivity index (χ4n) is 1.18. The minimum absolute atomic E-state index is 0.115. The van der Waals surface area contributed by atoms with Crippen LogP contribution in [0.3, 0.4) is 0 Å². The maximum atomic E-state index is 13.4. The quantitative estimate of drug-likeness (QED) is 0.720. The molecule has 0 spiro atoms. The van der Waals surface area contributed by atoms with Gasteiger partial charge >= 0.3 is 5.97 Å². The Balaban J connectivity index is 2.71. The zero-order valence-corrected chi connectivity index (χ0v) is 8.37. The summed E-state index contributed by atoms with van der Waals surface area (Å²) in [5.74, 6) is -4.04. The van der Waals surface area contributed by atoms with Crippen LogP contribution in [0.15, 0.2) is 30.3 Å². The van der Waals surface area contributed by atoms with Gasteiger partial charge in [0, 0.05) is 5.56 Å². The van der Waals surface area contributed by atoms with Crippen molar-refractivity contribution in [3.63, 3.8) is 0 Å². The molecule has 1 aromatic carbocycles. The van der Waals surface area contributed by atoms with E-state index >= 15 is 0 Å². The van der Waals surface area contributed by atoms with E-state index in [4.69, 9.17) is 0 Å². The first-order valence-corrected chi connectivity index (χ1v) is 4.65. The summed E-state index contributed by atoms with van der Waals surface area (Å²) in [5.41, 5.74) is -0.168. The van der Waals surface area contributed by atoms with Crippen LogP contribution in [-0.4, -0.2) is 12.6 Å². The smallest absolute Gasteiger partial charge is 0.312 e. The van der Waals surface area contributed by atoms with Gasteiger partial charge in [-0.3, -0.25) is 4.79 Å². The van der Waals surface area contributed by atoms with E-state index in [-0.39, 0.29) is 12.2 Å². The molecule has 0 heterocycles. The molecule has 0 aromatic heterocycles. The Morgan fingerprint density at radius 2 is 1.93 bits per heavy atom. The van der Waals surface area contributed by atoms with Crippen molar-refractivity contribution in [1.29, 1.82) is 0 Å². The van der Waals surface area contributed by atoms with Crippen LogP contribution < -0.4 is 0 Å². The molecule has 15 heavy (non-hydrogen) atoms. The number of carbonyl (C=O) groups excluding carboxylic acids is 1. The summed E-state index contributed by atoms with van der Waals surface area (Å²) in [6, 6.07) is 7.24. The molecule has 0 aliphatic heterocycles. The lowest BCUT2D eigenvalue weighted by molar-refractivity contribution is -0.151. The van der Waals surface area contributed by atoms with Gasteiger partial charge in [-0.25, -0.2) is 8.78 Å². The van der Waals surface area contributed by atoms with Crippen molar-refractivity contribution < 1.29 is 18.3 Å². The molecular weight excluding hydrogens is 202 g/mol. The Morgan fingerprint density at radius 1 is 1.33 bits per heavy atom. The zero-order valence-electron chi connectivity index (χ0n) is 8.37. The third-order valence-corrected chi connectivity index (χ3v) is 1.87. The topological polar surface area (TPSA) is 26.3 Å². The molecule has 0 saturated carbocycles. The van der Waals surface area contributed by atoms with Crippen molar-refractivity contribution in [3.05, 3.63) is 35.9 Å². The predicted octanol–water partition coefficient (Wildman–Crippen LogP) is 2.73. The maximum absolute atomic E-state index is 13.4. The average molecular weight is 214 g/mol. The van der Waals surface area contributed by atoms with Gasteiger partial charge in [0.2, 0.25) is 0 Å². The van der Waals surface area contributed by atoms with E-state index in [0.717, 1.165) is 0 Å². The molecule has 4 heteroatoms. The van der Waals surface area contributed by atoms with Gasteiger partial charge in [-0.2, -0.15) is 0 Å². The molecule has 0 amide bonds. The summed E-state index contributed by atoms with van der Waals surface area (Å²) in [5, 5.41) is 0. The number of alkyl halides is 2. The average Bonchev–Trinajstić information content (AvgIpc) is 2.18. The second-order valence-electron chi connectivity index (χ2n) is 3.05. The second-order valence-corrected chi connectivity index (χ2v) is 3.05. The minimum atomic E-state index is -3.16. The van der Waals surface area contributed by atoms with E-state index in [0.29, 0.717) is 0 Å². The van der Waals surface area contributed by atoms with E-state index in [1.807, 2.05) is 0 Å². The van der Waals surface area contributed by atoms with E-state index in [1.54, 1.807) is 13.0 Å². The molecule has 1 rings (SSSR count). The van der Waals surface area contributed by atoms with Crippen molar-refractivity contribution in [2.75, 3.05) is 6.61 Å². The van der Waals surface area contributed by atoms with Crippen molar-refractivity contribution in [3.8, 4) is 0 Å². The Hall–Kier alpha value is -1.45. The molecule has 1 aromatic rings. The van der Waals surface area contributed by atoms with Crippen molar-refractivity contribution >= 4 is 5.97 Å². The van der Waals surface area contributed by atoms with Gasteiger partial charge in [0.15, 0.2) is 0 Å². The largest absolute Gasteiger partial charge is 0.466 e. The zero-order chi connectivity index (χ0) is 11.3. The normalized spacial score (nSPS) is 11.1. The number of halogens is 2. The summed E-state index contributed by atoms with van der Waals surface area (Å²) >= 11 is 0. The Morgan fingerprint density at radius 3 is 2.47 bits per heavy atom. The van der Waals surface area contributed by atoms with Crippen LogP contribution in [0.5, 0.6) is 0 Å². The fraction of sp³-hybridized carbons (Fsp3) is 0.364. The first kappa shape index (κ1) is 11.6. The maximum Gasteiger partial charge on any atom is 0.312 e. The van der Waals surface area contributed by atoms with Gasteiger partial charge in [0.1, 0.15) is 6.42 Å². The van der Waals surface area contributed by atoms with Gasteiger partial charge in [0.25, 0.3) is 5.92 Å². The van der Waals surface area contributed by atoms with Gasteiger partial charge < -0.3 is 4.74 Å². The molecule has 0 bridgehead atoms. The highest BCUT2D eigenvalue weighted by Gasteiger charge is 2.34. The standard InChI is InChI=1S/C11H12F2O2/c1-2-15-10(14)8-11(12,13)9-6-4-3-5-7-9/h3-7H,2,8H2,1H3. The van der Waals surface area contributed by atoms with Crippen molar-refractivity contribution in [2.24, 2.45) is 0 Å². The summed E-state index contributed by atoms with van der Waals surface area (Å²) in [4.78, 5) is 10.9. The van der Waals surface area contributed by atoms with E-state index < -0.39 is 18.3 Å². The van der Waals surface area contributed by atoms with Crippen LogP contribution in [0.2, 0.25) is 0 Å². The highest BCUT2D eigenvalue weighted by Crippen LogP contribution is 2.31. The van der Waals surface area contributed by atoms with Crippen LogP contribution in [0.25, 0.3) is 0 Å². The van der Waals surface area contributed by atoms with E-state index in [2.05, 4.69) is 4.74 Å². The van der Waals surface area contributed by atoms with Crippen LogP contribution in [0.4, 0.5) is 8.78 Å². The lowest BCUT2D eigenvalue weighted by Gasteiger charge is -2.15. The molecule has 82 valence electrons. The van der Waals surface area contributed by atoms with Crippen molar-refractivity contribution in [1.82, 2.24) is 0 Å². The van der Waals surface area contributed by atoms with Gasteiger partial charge in [-0.05, 0) is 6.92 Å². The molecule has 2 nitrogen and oxygen atoms in total. The van der Waals surface area contributed by atoms with Gasteiger partial charge in [-0.1, -0.05) is 30.3 Å². The van der Waals surface area contributed by atoms with Crippen LogP contribution in [-0.2, 0) is 15.5 Å². The summed E-state index contributed by atoms with van der Waals surface area (Å²) in [6.07, 6.45) is -0.912. The number of carbonyl (C=O) groups is 1. The number of rotatable bonds is 4. The van der Waals surface area contributed by atoms with E-state index in [1.165, 1.54) is 24.3 Å². The van der Waals surface area contributed by atoms with Crippen LogP contribution in [0, 0.1) is 0 Å². The minimum Gasteiger partial charge on any atom is -0.466 e. The second kappa shape index (κ2) is 4.87. The van der Waals surface area contributed by atoms with Gasteiger partial charge in [0.05, 0.1) is 6.61 Å². The van der Waals surface area contributed by atoms with Crippen molar-refractivity contribution in [2.45, 2.75) is 19.3 Å². The first-order chi connectivity index (χ1) is 7.06. The molecular formula is C11H12F2O2. The summed E-state index contributed by atoms with van der Waals surface area (Å²) < 4.78 is 31.3. The molecule has 0 saturated heterocycles. The summed E-state index contributed by atoms with van der Waals surface area (Å²) in [6.45, 7) is 1.70. The number of hydrogen-bond donors (Lipinski definition) is 0. The third-order valence-electron chi connectivity index (χ3n) is 1.87. The highest BCUT2D eigenvalue weighted by molar-refractivity contribution is 5.70. The monoisotopic (exact) mass is 214 g/mol. The number of benzene rings is 1. The SMILES string of the molecule is CCOC(=O)CC(F)(F)c1ccccc1. The number of ether oxygens (including phenoxy) is 1. The fourth-order valence-corrected chi connectivity index (χ4v) is 1.18. The third kappa shape index (κ3) is 3.31. The molecule has 0 radical (unpaired) electrons. The van der Waals surface area contributed by atoms with Crippen LogP contribution in [0.1, 0.15) is 18.9 Å². The number of hydrogen-bond acceptors (Lipinski definition) is 2. The lowest BCUT2D eigenvalue weighted by atomic mass is 10.1. The molecule has 0 unspecified atom stereocenters. The predicted molar refractivity (Wildman–Crippen MR) is 51.6 cm³/mol. The molecule has 0 N–H and O–H groups in total. The Labute approximate surface area is 86.9 Å². The Bertz CT molecular complexity index is 323. The lowest BCUT2D eigenvalue weighted by Crippen LogP contribution is -2.20. The molecule has 0 aliphatic carbocycles. The van der Waals surface area contributed by atoms with Gasteiger partial charge in [-0.15, -0.1) is 0 Å². The molecule has 0 aliphatic rings. The number of esters is 1. The first-order valence-electron chi connectivity index (χ1n) is 4.65. The molecule has 0 atom stereocenters. The van der Waals surface area contributed by atoms with E-state index in [9.17, 15) is 13.6 Å². The highest BCUT2D eigenvalue weighted by atomic mass is 19.3. The summed E-state index contributed by atoms with van der Waals surface area (Å²) in [7, 11) is 0.